The Bertz CT molecular complexity index is 1170. The molecule has 6 nitrogen and oxygen atoms in total. The molecule has 10 heteroatoms. The summed E-state index contributed by atoms with van der Waals surface area (Å²) in [7, 11) is 1.85. The maximum Gasteiger partial charge on any atom is 0.431 e. The van der Waals surface area contributed by atoms with Crippen molar-refractivity contribution in [2.45, 2.75) is 54.1 Å². The molecule has 220 valence electrons. The first-order chi connectivity index (χ1) is 18.9. The summed E-state index contributed by atoms with van der Waals surface area (Å²) in [5.74, 6) is -0.723. The number of hydrogen-bond donors (Lipinski definition) is 2. The number of aliphatic imine (C=N–C) groups is 1. The van der Waals surface area contributed by atoms with E-state index in [1.54, 1.807) is 13.0 Å². The predicted molar refractivity (Wildman–Crippen MR) is 155 cm³/mol. The molecule has 0 atom stereocenters. The van der Waals surface area contributed by atoms with E-state index in [0.29, 0.717) is 19.6 Å². The number of carbonyl (C=O) groups is 1. The van der Waals surface area contributed by atoms with Crippen LogP contribution in [0.1, 0.15) is 53.5 Å². The maximum absolute atomic E-state index is 13.5. The number of rotatable bonds is 7. The number of benzene rings is 1. The average Bonchev–Trinajstić information content (AvgIpc) is 2.94. The van der Waals surface area contributed by atoms with E-state index in [2.05, 4.69) is 16.4 Å². The Hall–Kier alpha value is -3.71. The van der Waals surface area contributed by atoms with Crippen molar-refractivity contribution in [1.82, 2.24) is 10.2 Å². The molecule has 0 fully saturated rings. The highest BCUT2D eigenvalue weighted by molar-refractivity contribution is 6.11. The molecule has 3 N–H and O–H groups in total. The lowest BCUT2D eigenvalue weighted by molar-refractivity contribution is -0.125. The van der Waals surface area contributed by atoms with Crippen LogP contribution < -0.4 is 11.1 Å². The van der Waals surface area contributed by atoms with Crippen LogP contribution in [0.2, 0.25) is 0 Å². The van der Waals surface area contributed by atoms with Gasteiger partial charge >= 0.3 is 6.18 Å². The smallest absolute Gasteiger partial charge is 0.394 e. The van der Waals surface area contributed by atoms with Gasteiger partial charge in [-0.15, -0.1) is 0 Å². The van der Waals surface area contributed by atoms with E-state index in [9.17, 15) is 22.4 Å². The summed E-state index contributed by atoms with van der Waals surface area (Å²) in [6, 6.07) is 7.31. The second kappa shape index (κ2) is 18.6. The van der Waals surface area contributed by atoms with Crippen molar-refractivity contribution in [3.63, 3.8) is 0 Å². The van der Waals surface area contributed by atoms with Crippen LogP contribution >= 0.6 is 0 Å². The number of halogens is 4. The van der Waals surface area contributed by atoms with Crippen molar-refractivity contribution in [3.05, 3.63) is 75.8 Å². The van der Waals surface area contributed by atoms with E-state index in [0.717, 1.165) is 29.8 Å². The third kappa shape index (κ3) is 11.6. The molecule has 2 rings (SSSR count). The average molecular weight is 564 g/mol. The highest BCUT2D eigenvalue weighted by Crippen LogP contribution is 2.29. The second-order valence-corrected chi connectivity index (χ2v) is 8.52. The Morgan fingerprint density at radius 2 is 1.88 bits per heavy atom. The number of hydrogen-bond acceptors (Lipinski definition) is 5. The Labute approximate surface area is 235 Å². The molecule has 0 aromatic heterocycles. The van der Waals surface area contributed by atoms with Crippen LogP contribution in [-0.2, 0) is 4.79 Å². The van der Waals surface area contributed by atoms with Crippen molar-refractivity contribution >= 4 is 17.7 Å². The van der Waals surface area contributed by atoms with Crippen LogP contribution in [0, 0.1) is 17.1 Å². The fourth-order valence-corrected chi connectivity index (χ4v) is 3.61. The second-order valence-electron chi connectivity index (χ2n) is 8.52. The highest BCUT2D eigenvalue weighted by Gasteiger charge is 2.34. The van der Waals surface area contributed by atoms with Gasteiger partial charge in [-0.05, 0) is 58.4 Å². The largest absolute Gasteiger partial charge is 0.431 e. The third-order valence-corrected chi connectivity index (χ3v) is 5.81. The van der Waals surface area contributed by atoms with Gasteiger partial charge in [0, 0.05) is 55.2 Å². The summed E-state index contributed by atoms with van der Waals surface area (Å²) in [6.45, 7) is 13.9. The van der Waals surface area contributed by atoms with E-state index in [4.69, 9.17) is 11.0 Å². The molecular formula is C30H41F4N5O. The number of nitrogens with one attached hydrogen (secondary N) is 1. The summed E-state index contributed by atoms with van der Waals surface area (Å²) in [5, 5.41) is 11.9. The van der Waals surface area contributed by atoms with Crippen molar-refractivity contribution in [2.75, 3.05) is 33.2 Å². The topological polar surface area (TPSA) is 94.5 Å². The van der Waals surface area contributed by atoms with Crippen LogP contribution in [-0.4, -0.2) is 56.4 Å². The molecule has 1 amide bonds. The lowest BCUT2D eigenvalue weighted by Gasteiger charge is -2.29. The fourth-order valence-electron chi connectivity index (χ4n) is 3.61. The SMILES string of the molecule is CC.CCN=C/C(=C(\N)C(F)(F)F)c1ccccc1F.CNC/C=C/C(=O)N1CCC(/C(C)=C(\C)C#N)=C(C)C1. The number of carbonyl (C=O) groups excluding carboxylic acids is 1. The summed E-state index contributed by atoms with van der Waals surface area (Å²) in [5.41, 5.74) is 7.23. The highest BCUT2D eigenvalue weighted by atomic mass is 19.4. The van der Waals surface area contributed by atoms with Gasteiger partial charge in [0.2, 0.25) is 5.91 Å². The summed E-state index contributed by atoms with van der Waals surface area (Å²) in [6.07, 6.45) is 0.501. The van der Waals surface area contributed by atoms with Crippen LogP contribution in [0.5, 0.6) is 0 Å². The Morgan fingerprint density at radius 3 is 2.38 bits per heavy atom. The molecule has 1 aromatic rings. The van der Waals surface area contributed by atoms with E-state index >= 15 is 0 Å². The lowest BCUT2D eigenvalue weighted by atomic mass is 9.92. The molecule has 0 aliphatic carbocycles. The fraction of sp³-hybridized carbons (Fsp3) is 0.433. The van der Waals surface area contributed by atoms with Crippen LogP contribution in [0.3, 0.4) is 0 Å². The van der Waals surface area contributed by atoms with Crippen molar-refractivity contribution in [3.8, 4) is 6.07 Å². The van der Waals surface area contributed by atoms with Gasteiger partial charge in [0.1, 0.15) is 11.5 Å². The Morgan fingerprint density at radius 1 is 1.25 bits per heavy atom. The maximum atomic E-state index is 13.5. The molecule has 0 unspecified atom stereocenters. The molecule has 40 heavy (non-hydrogen) atoms. The van der Waals surface area contributed by atoms with Gasteiger partial charge in [-0.25, -0.2) is 4.39 Å². The molecule has 1 heterocycles. The number of amides is 1. The van der Waals surface area contributed by atoms with Gasteiger partial charge in [-0.2, -0.15) is 18.4 Å². The zero-order valence-electron chi connectivity index (χ0n) is 24.4. The molecule has 0 saturated carbocycles. The minimum Gasteiger partial charge on any atom is -0.394 e. The van der Waals surface area contributed by atoms with Gasteiger partial charge in [-0.3, -0.25) is 9.79 Å². The van der Waals surface area contributed by atoms with Gasteiger partial charge < -0.3 is 16.0 Å². The normalized spacial score (nSPS) is 15.0. The lowest BCUT2D eigenvalue weighted by Crippen LogP contribution is -2.35. The summed E-state index contributed by atoms with van der Waals surface area (Å²) < 4.78 is 51.2. The Kier molecular flexibility index (Phi) is 16.8. The first-order valence-electron chi connectivity index (χ1n) is 13.1. The van der Waals surface area contributed by atoms with E-state index in [1.807, 2.05) is 52.6 Å². The molecule has 0 saturated heterocycles. The molecule has 0 spiro atoms. The summed E-state index contributed by atoms with van der Waals surface area (Å²) >= 11 is 0. The van der Waals surface area contributed by atoms with E-state index < -0.39 is 23.3 Å². The first-order valence-corrected chi connectivity index (χ1v) is 13.1. The van der Waals surface area contributed by atoms with Crippen molar-refractivity contribution < 1.29 is 22.4 Å². The first kappa shape index (κ1) is 36.3. The standard InChI is InChI=1S/C16H23N3O.C12H12F4N2.C2H6/c1-12(10-17)14(3)15-7-9-19(11-13(15)2)16(20)6-5-8-18-4;1-2-18-7-9(11(17)12(14,15)16)8-5-3-4-6-10(8)13;1-2/h5-6,18H,7-9,11H2,1-4H3;3-7H,2,17H2,1H3;1-2H3/b6-5+,14-12+;11-9+,18-7?;. The number of alkyl halides is 3. The molecular weight excluding hydrogens is 522 g/mol. The summed E-state index contributed by atoms with van der Waals surface area (Å²) in [4.78, 5) is 17.6. The quantitative estimate of drug-likeness (QED) is 0.175. The van der Waals surface area contributed by atoms with Gasteiger partial charge in [0.15, 0.2) is 0 Å². The number of nitriles is 1. The molecule has 1 aliphatic heterocycles. The molecule has 0 bridgehead atoms. The van der Waals surface area contributed by atoms with Crippen LogP contribution in [0.15, 0.2) is 69.4 Å². The predicted octanol–water partition coefficient (Wildman–Crippen LogP) is 6.35. The van der Waals surface area contributed by atoms with Gasteiger partial charge in [-0.1, -0.05) is 43.7 Å². The number of likely N-dealkylation sites (N-methyl/N-ethyl adjacent to an activating group) is 1. The molecule has 0 radical (unpaired) electrons. The number of nitrogens with two attached hydrogens (primary N) is 1. The van der Waals surface area contributed by atoms with Gasteiger partial charge in [0.05, 0.1) is 6.07 Å². The minimum absolute atomic E-state index is 0.0530. The van der Waals surface area contributed by atoms with Crippen LogP contribution in [0.4, 0.5) is 17.6 Å². The Balaban J connectivity index is 0.000000719. The van der Waals surface area contributed by atoms with E-state index in [-0.39, 0.29) is 18.0 Å². The van der Waals surface area contributed by atoms with Crippen molar-refractivity contribution in [2.24, 2.45) is 10.7 Å². The number of allylic oxidation sites excluding steroid dienone is 4. The number of nitrogens with zero attached hydrogens (tertiary/aromatic N) is 3. The monoisotopic (exact) mass is 563 g/mol. The zero-order chi connectivity index (χ0) is 30.9. The van der Waals surface area contributed by atoms with Gasteiger partial charge in [0.25, 0.3) is 0 Å². The van der Waals surface area contributed by atoms with E-state index in [1.165, 1.54) is 29.3 Å². The van der Waals surface area contributed by atoms with Crippen molar-refractivity contribution in [1.29, 1.82) is 5.26 Å². The minimum atomic E-state index is -4.72. The molecule has 1 aromatic carbocycles. The van der Waals surface area contributed by atoms with Crippen LogP contribution in [0.25, 0.3) is 5.57 Å². The third-order valence-electron chi connectivity index (χ3n) is 5.81. The molecule has 1 aliphatic rings. The zero-order valence-corrected chi connectivity index (χ0v) is 24.4.